The summed E-state index contributed by atoms with van der Waals surface area (Å²) in [4.78, 5) is 2.87. The van der Waals surface area contributed by atoms with Crippen molar-refractivity contribution in [1.82, 2.24) is 0 Å². The van der Waals surface area contributed by atoms with Gasteiger partial charge in [0.1, 0.15) is 0 Å². The third-order valence-electron chi connectivity index (χ3n) is 2.81. The van der Waals surface area contributed by atoms with Gasteiger partial charge in [0, 0.05) is 27.5 Å². The molecule has 0 amide bonds. The number of aryl methyl sites for hydroxylation is 1. The summed E-state index contributed by atoms with van der Waals surface area (Å²) in [6.45, 7) is 3.23. The zero-order chi connectivity index (χ0) is 10.3. The fourth-order valence-electron chi connectivity index (χ4n) is 2.15. The van der Waals surface area contributed by atoms with Crippen molar-refractivity contribution in [1.29, 1.82) is 0 Å². The van der Waals surface area contributed by atoms with Gasteiger partial charge in [0.2, 0.25) is 0 Å². The fraction of sp³-hybridized carbons (Fsp3) is 0.231. The van der Waals surface area contributed by atoms with Gasteiger partial charge < -0.3 is 5.32 Å². The average molecular weight is 215 g/mol. The van der Waals surface area contributed by atoms with Gasteiger partial charge in [-0.05, 0) is 31.0 Å². The molecule has 2 aromatic rings. The van der Waals surface area contributed by atoms with Crippen molar-refractivity contribution in [2.75, 3.05) is 11.9 Å². The molecule has 1 aromatic heterocycles. The zero-order valence-electron chi connectivity index (χ0n) is 8.71. The van der Waals surface area contributed by atoms with Crippen LogP contribution < -0.4 is 5.32 Å². The topological polar surface area (TPSA) is 12.0 Å². The van der Waals surface area contributed by atoms with Gasteiger partial charge in [-0.2, -0.15) is 0 Å². The fourth-order valence-corrected chi connectivity index (χ4v) is 3.25. The first-order valence-electron chi connectivity index (χ1n) is 5.27. The lowest BCUT2D eigenvalue weighted by Crippen LogP contribution is -2.01. The van der Waals surface area contributed by atoms with E-state index in [4.69, 9.17) is 0 Å². The molecule has 15 heavy (non-hydrogen) atoms. The van der Waals surface area contributed by atoms with Crippen molar-refractivity contribution in [3.05, 3.63) is 40.8 Å². The smallest absolute Gasteiger partial charge is 0.0428 e. The van der Waals surface area contributed by atoms with Gasteiger partial charge in [-0.1, -0.05) is 18.2 Å². The van der Waals surface area contributed by atoms with Gasteiger partial charge in [-0.3, -0.25) is 0 Å². The lowest BCUT2D eigenvalue weighted by Gasteiger charge is -2.06. The second kappa shape index (κ2) is 3.38. The summed E-state index contributed by atoms with van der Waals surface area (Å²) in [6, 6.07) is 10.9. The van der Waals surface area contributed by atoms with Crippen LogP contribution in [0.3, 0.4) is 0 Å². The minimum atomic E-state index is 1.04. The first-order valence-corrected chi connectivity index (χ1v) is 6.09. The van der Waals surface area contributed by atoms with Crippen molar-refractivity contribution in [2.45, 2.75) is 13.3 Å². The maximum absolute atomic E-state index is 3.48. The summed E-state index contributed by atoms with van der Waals surface area (Å²) in [7, 11) is 0. The molecule has 1 N–H and O–H groups in total. The van der Waals surface area contributed by atoms with Gasteiger partial charge in [0.05, 0.1) is 0 Å². The predicted octanol–water partition coefficient (Wildman–Crippen LogP) is 3.69. The molecule has 1 aliphatic rings. The van der Waals surface area contributed by atoms with Crippen molar-refractivity contribution < 1.29 is 0 Å². The number of hydrogen-bond acceptors (Lipinski definition) is 2. The van der Waals surface area contributed by atoms with E-state index in [1.165, 1.54) is 26.6 Å². The lowest BCUT2D eigenvalue weighted by molar-refractivity contribution is 1.04. The highest BCUT2D eigenvalue weighted by Gasteiger charge is 2.15. The molecular formula is C13H13NS. The summed E-state index contributed by atoms with van der Waals surface area (Å²) in [6.07, 6.45) is 1.13. The Kier molecular flexibility index (Phi) is 2.03. The second-order valence-corrected chi connectivity index (χ2v) is 5.19. The van der Waals surface area contributed by atoms with Crippen LogP contribution in [0.2, 0.25) is 0 Å². The quantitative estimate of drug-likeness (QED) is 0.706. The normalized spacial score (nSPS) is 13.7. The van der Waals surface area contributed by atoms with Crippen LogP contribution in [-0.2, 0) is 6.42 Å². The highest BCUT2D eigenvalue weighted by molar-refractivity contribution is 7.15. The highest BCUT2D eigenvalue weighted by atomic mass is 32.1. The van der Waals surface area contributed by atoms with Crippen LogP contribution in [0.5, 0.6) is 0 Å². The molecule has 1 aliphatic heterocycles. The van der Waals surface area contributed by atoms with E-state index < -0.39 is 0 Å². The van der Waals surface area contributed by atoms with E-state index in [0.717, 1.165) is 13.0 Å². The summed E-state index contributed by atoms with van der Waals surface area (Å²) in [5.41, 5.74) is 4.14. The Labute approximate surface area is 93.8 Å². The average Bonchev–Trinajstić information content (AvgIpc) is 2.52. The molecule has 0 bridgehead atoms. The predicted molar refractivity (Wildman–Crippen MR) is 66.7 cm³/mol. The molecule has 0 radical (unpaired) electrons. The number of nitrogens with one attached hydrogen (secondary N) is 1. The Bertz CT molecular complexity index is 499. The Morgan fingerprint density at radius 2 is 2.13 bits per heavy atom. The van der Waals surface area contributed by atoms with Crippen molar-refractivity contribution in [3.8, 4) is 10.4 Å². The van der Waals surface area contributed by atoms with Gasteiger partial charge in [-0.15, -0.1) is 11.3 Å². The first-order chi connectivity index (χ1) is 7.34. The minimum Gasteiger partial charge on any atom is -0.384 e. The maximum Gasteiger partial charge on any atom is 0.0428 e. The van der Waals surface area contributed by atoms with E-state index in [1.54, 1.807) is 0 Å². The van der Waals surface area contributed by atoms with E-state index >= 15 is 0 Å². The van der Waals surface area contributed by atoms with E-state index in [2.05, 4.69) is 42.6 Å². The molecule has 1 aromatic carbocycles. The number of thiophene rings is 1. The third kappa shape index (κ3) is 1.45. The summed E-state index contributed by atoms with van der Waals surface area (Å²) in [5, 5.41) is 3.48. The number of benzene rings is 1. The first kappa shape index (κ1) is 8.98. The monoisotopic (exact) mass is 215 g/mol. The van der Waals surface area contributed by atoms with Crippen molar-refractivity contribution in [2.24, 2.45) is 0 Å². The maximum atomic E-state index is 3.48. The number of para-hydroxylation sites is 1. The Morgan fingerprint density at radius 1 is 1.27 bits per heavy atom. The number of hydrogen-bond donors (Lipinski definition) is 1. The standard InChI is InChI=1S/C13H13NS/c1-9-8-10-6-7-14-12-5-3-2-4-11(12)13(10)15-9/h2-5,8,14H,6-7H2,1H3. The largest absolute Gasteiger partial charge is 0.384 e. The number of anilines is 1. The molecule has 3 rings (SSSR count). The van der Waals surface area contributed by atoms with Gasteiger partial charge in [0.15, 0.2) is 0 Å². The van der Waals surface area contributed by atoms with Gasteiger partial charge in [0.25, 0.3) is 0 Å². The van der Waals surface area contributed by atoms with Gasteiger partial charge >= 0.3 is 0 Å². The van der Waals surface area contributed by atoms with E-state index in [1.807, 2.05) is 11.3 Å². The van der Waals surface area contributed by atoms with Crippen LogP contribution in [0.15, 0.2) is 30.3 Å². The van der Waals surface area contributed by atoms with Crippen molar-refractivity contribution in [3.63, 3.8) is 0 Å². The molecule has 0 unspecified atom stereocenters. The molecule has 0 saturated heterocycles. The molecule has 2 heteroatoms. The third-order valence-corrected chi connectivity index (χ3v) is 3.94. The molecule has 1 nitrogen and oxygen atoms in total. The highest BCUT2D eigenvalue weighted by Crippen LogP contribution is 2.38. The van der Waals surface area contributed by atoms with Gasteiger partial charge in [-0.25, -0.2) is 0 Å². The van der Waals surface area contributed by atoms with Crippen LogP contribution in [0.1, 0.15) is 10.4 Å². The second-order valence-electron chi connectivity index (χ2n) is 3.93. The van der Waals surface area contributed by atoms with Crippen LogP contribution in [0, 0.1) is 6.92 Å². The zero-order valence-corrected chi connectivity index (χ0v) is 9.53. The van der Waals surface area contributed by atoms with Crippen LogP contribution in [0.4, 0.5) is 5.69 Å². The number of fused-ring (bicyclic) bond motifs is 3. The summed E-state index contributed by atoms with van der Waals surface area (Å²) < 4.78 is 0. The van der Waals surface area contributed by atoms with E-state index in [-0.39, 0.29) is 0 Å². The lowest BCUT2D eigenvalue weighted by atomic mass is 10.1. The Balaban J connectivity index is 2.26. The molecule has 0 fully saturated rings. The Morgan fingerprint density at radius 3 is 3.07 bits per heavy atom. The molecule has 0 saturated carbocycles. The van der Waals surface area contributed by atoms with E-state index in [0.29, 0.717) is 0 Å². The minimum absolute atomic E-state index is 1.04. The van der Waals surface area contributed by atoms with Crippen LogP contribution in [0.25, 0.3) is 10.4 Å². The van der Waals surface area contributed by atoms with Crippen molar-refractivity contribution >= 4 is 17.0 Å². The van der Waals surface area contributed by atoms with Crippen LogP contribution >= 0.6 is 11.3 Å². The molecule has 0 spiro atoms. The summed E-state index contributed by atoms with van der Waals surface area (Å²) in [5.74, 6) is 0. The molecule has 0 atom stereocenters. The molecular weight excluding hydrogens is 202 g/mol. The SMILES string of the molecule is Cc1cc2c(s1)-c1ccccc1NCC2. The summed E-state index contributed by atoms with van der Waals surface area (Å²) >= 11 is 1.91. The molecule has 0 aliphatic carbocycles. The molecule has 2 heterocycles. The Hall–Kier alpha value is -1.28. The molecule has 76 valence electrons. The number of rotatable bonds is 0. The van der Waals surface area contributed by atoms with E-state index in [9.17, 15) is 0 Å². The van der Waals surface area contributed by atoms with Crippen LogP contribution in [-0.4, -0.2) is 6.54 Å².